The molecule has 0 spiro atoms. The van der Waals surface area contributed by atoms with Crippen molar-refractivity contribution in [2.24, 2.45) is 0 Å². The van der Waals surface area contributed by atoms with E-state index in [2.05, 4.69) is 15.3 Å². The Morgan fingerprint density at radius 1 is 1.46 bits per heavy atom. The van der Waals surface area contributed by atoms with Gasteiger partial charge in [-0.25, -0.2) is 4.98 Å². The summed E-state index contributed by atoms with van der Waals surface area (Å²) in [5.74, 6) is 0.108. The largest absolute Gasteiger partial charge is 0.477 e. The number of pyridine rings is 2. The molecular weight excluding hydrogens is 306 g/mol. The van der Waals surface area contributed by atoms with Crippen LogP contribution >= 0.6 is 0 Å². The molecular formula is C17H21N5O2. The van der Waals surface area contributed by atoms with Gasteiger partial charge in [-0.2, -0.15) is 5.26 Å². The number of nitrogens with two attached hydrogens (primary N) is 1. The quantitative estimate of drug-likeness (QED) is 0.774. The van der Waals surface area contributed by atoms with Crippen LogP contribution in [-0.4, -0.2) is 36.5 Å². The van der Waals surface area contributed by atoms with Gasteiger partial charge in [-0.05, 0) is 32.2 Å². The third-order valence-corrected chi connectivity index (χ3v) is 2.91. The molecule has 3 N–H and O–H groups in total. The number of hydrogen-bond donors (Lipinski definition) is 2. The SMILES string of the molecule is CCOc1nc(C=O)cc(N)c1C#N.CNCCc1ccccn1. The van der Waals surface area contributed by atoms with Crippen LogP contribution in [0.5, 0.6) is 5.88 Å². The van der Waals surface area contributed by atoms with E-state index in [1.165, 1.54) is 6.07 Å². The molecule has 0 aromatic carbocycles. The fourth-order valence-electron chi connectivity index (χ4n) is 1.77. The molecule has 0 bridgehead atoms. The van der Waals surface area contributed by atoms with Gasteiger partial charge in [0, 0.05) is 24.9 Å². The number of nitrogens with one attached hydrogen (secondary N) is 1. The van der Waals surface area contributed by atoms with Gasteiger partial charge >= 0.3 is 0 Å². The molecule has 2 rings (SSSR count). The molecule has 0 aliphatic carbocycles. The molecule has 0 fully saturated rings. The van der Waals surface area contributed by atoms with Crippen LogP contribution < -0.4 is 15.8 Å². The van der Waals surface area contributed by atoms with Crippen molar-refractivity contribution in [3.05, 3.63) is 47.4 Å². The average Bonchev–Trinajstić information content (AvgIpc) is 2.61. The fraction of sp³-hybridized carbons (Fsp3) is 0.294. The second kappa shape index (κ2) is 10.7. The van der Waals surface area contributed by atoms with Crippen LogP contribution in [0.4, 0.5) is 5.69 Å². The highest BCUT2D eigenvalue weighted by Crippen LogP contribution is 2.21. The minimum absolute atomic E-state index is 0.108. The predicted molar refractivity (Wildman–Crippen MR) is 91.8 cm³/mol. The zero-order valence-corrected chi connectivity index (χ0v) is 13.8. The molecule has 126 valence electrons. The summed E-state index contributed by atoms with van der Waals surface area (Å²) in [6.07, 6.45) is 3.39. The molecule has 2 aromatic heterocycles. The minimum Gasteiger partial charge on any atom is -0.477 e. The molecule has 0 atom stereocenters. The number of likely N-dealkylation sites (N-methyl/N-ethyl adjacent to an activating group) is 1. The summed E-state index contributed by atoms with van der Waals surface area (Å²) in [7, 11) is 1.95. The number of nitrogen functional groups attached to an aromatic ring is 1. The highest BCUT2D eigenvalue weighted by Gasteiger charge is 2.10. The standard InChI is InChI=1S/C9H9N3O2.C8H12N2/c1-2-14-9-7(4-10)8(11)3-6(5-13)12-9;1-9-7-5-8-4-2-3-6-10-8/h3,5H,2H2,1H3,(H2,11,12);2-4,6,9H,5,7H2,1H3. The Hall–Kier alpha value is -2.98. The van der Waals surface area contributed by atoms with Crippen molar-refractivity contribution in [2.45, 2.75) is 13.3 Å². The second-order valence-corrected chi connectivity index (χ2v) is 4.65. The summed E-state index contributed by atoms with van der Waals surface area (Å²) in [4.78, 5) is 18.5. The van der Waals surface area contributed by atoms with Crippen molar-refractivity contribution in [3.63, 3.8) is 0 Å². The number of aromatic nitrogens is 2. The lowest BCUT2D eigenvalue weighted by atomic mass is 10.2. The Labute approximate surface area is 141 Å². The summed E-state index contributed by atoms with van der Waals surface area (Å²) < 4.78 is 5.08. The third-order valence-electron chi connectivity index (χ3n) is 2.91. The number of hydrogen-bond acceptors (Lipinski definition) is 7. The number of anilines is 1. The van der Waals surface area contributed by atoms with Crippen molar-refractivity contribution in [3.8, 4) is 11.9 Å². The molecule has 0 saturated carbocycles. The number of rotatable bonds is 6. The maximum atomic E-state index is 10.5. The van der Waals surface area contributed by atoms with Crippen LogP contribution in [0.3, 0.4) is 0 Å². The zero-order valence-electron chi connectivity index (χ0n) is 13.8. The summed E-state index contributed by atoms with van der Waals surface area (Å²) >= 11 is 0. The normalized spacial score (nSPS) is 9.38. The van der Waals surface area contributed by atoms with Crippen molar-refractivity contribution in [1.82, 2.24) is 15.3 Å². The van der Waals surface area contributed by atoms with Gasteiger partial charge in [0.15, 0.2) is 6.29 Å². The van der Waals surface area contributed by atoms with Gasteiger partial charge in [0.05, 0.1) is 12.3 Å². The Kier molecular flexibility index (Phi) is 8.50. The van der Waals surface area contributed by atoms with E-state index in [4.69, 9.17) is 15.7 Å². The summed E-state index contributed by atoms with van der Waals surface area (Å²) in [6, 6.07) is 9.20. The number of aldehydes is 1. The van der Waals surface area contributed by atoms with Crippen LogP contribution in [0.15, 0.2) is 30.5 Å². The average molecular weight is 327 g/mol. The minimum atomic E-state index is 0.108. The molecule has 0 aliphatic heterocycles. The van der Waals surface area contributed by atoms with E-state index in [-0.39, 0.29) is 22.8 Å². The Bertz CT molecular complexity index is 683. The molecule has 0 radical (unpaired) electrons. The molecule has 0 aliphatic rings. The first-order valence-corrected chi connectivity index (χ1v) is 7.49. The Morgan fingerprint density at radius 2 is 2.25 bits per heavy atom. The van der Waals surface area contributed by atoms with E-state index in [1.807, 2.05) is 37.5 Å². The van der Waals surface area contributed by atoms with Gasteiger partial charge in [0.25, 0.3) is 0 Å². The van der Waals surface area contributed by atoms with Crippen LogP contribution in [-0.2, 0) is 6.42 Å². The van der Waals surface area contributed by atoms with Gasteiger partial charge in [0.2, 0.25) is 5.88 Å². The number of nitriles is 1. The molecule has 0 amide bonds. The first kappa shape index (κ1) is 19.1. The van der Waals surface area contributed by atoms with Gasteiger partial charge in [0.1, 0.15) is 17.3 Å². The van der Waals surface area contributed by atoms with Gasteiger partial charge in [-0.1, -0.05) is 6.07 Å². The molecule has 2 heterocycles. The Morgan fingerprint density at radius 3 is 2.79 bits per heavy atom. The molecule has 7 nitrogen and oxygen atoms in total. The van der Waals surface area contributed by atoms with Gasteiger partial charge < -0.3 is 15.8 Å². The van der Waals surface area contributed by atoms with Crippen LogP contribution in [0.25, 0.3) is 0 Å². The highest BCUT2D eigenvalue weighted by molar-refractivity contribution is 5.76. The number of ether oxygens (including phenoxy) is 1. The van der Waals surface area contributed by atoms with Crippen molar-refractivity contribution in [2.75, 3.05) is 25.9 Å². The van der Waals surface area contributed by atoms with E-state index in [0.29, 0.717) is 12.9 Å². The van der Waals surface area contributed by atoms with Crippen molar-refractivity contribution < 1.29 is 9.53 Å². The lowest BCUT2D eigenvalue weighted by Gasteiger charge is -2.06. The van der Waals surface area contributed by atoms with E-state index < -0.39 is 0 Å². The van der Waals surface area contributed by atoms with Gasteiger partial charge in [-0.3, -0.25) is 9.78 Å². The monoisotopic (exact) mass is 327 g/mol. The summed E-state index contributed by atoms with van der Waals surface area (Å²) in [5.41, 5.74) is 7.21. The maximum absolute atomic E-state index is 10.5. The number of nitrogens with zero attached hydrogens (tertiary/aromatic N) is 3. The Balaban J connectivity index is 0.000000254. The fourth-order valence-corrected chi connectivity index (χ4v) is 1.77. The predicted octanol–water partition coefficient (Wildman–Crippen LogP) is 1.59. The van der Waals surface area contributed by atoms with E-state index in [0.717, 1.165) is 18.7 Å². The first-order valence-electron chi connectivity index (χ1n) is 7.49. The lowest BCUT2D eigenvalue weighted by molar-refractivity contribution is 0.111. The first-order chi connectivity index (χ1) is 11.7. The van der Waals surface area contributed by atoms with Crippen LogP contribution in [0.1, 0.15) is 28.7 Å². The van der Waals surface area contributed by atoms with Gasteiger partial charge in [-0.15, -0.1) is 0 Å². The summed E-state index contributed by atoms with van der Waals surface area (Å²) in [6.45, 7) is 3.12. The second-order valence-electron chi connectivity index (χ2n) is 4.65. The van der Waals surface area contributed by atoms with Crippen LogP contribution in [0.2, 0.25) is 0 Å². The number of carbonyl (C=O) groups excluding carboxylic acids is 1. The maximum Gasteiger partial charge on any atom is 0.234 e. The van der Waals surface area contributed by atoms with E-state index in [9.17, 15) is 4.79 Å². The lowest BCUT2D eigenvalue weighted by Crippen LogP contribution is -2.10. The van der Waals surface area contributed by atoms with Crippen molar-refractivity contribution >= 4 is 12.0 Å². The van der Waals surface area contributed by atoms with Crippen LogP contribution in [0, 0.1) is 11.3 Å². The third kappa shape index (κ3) is 6.02. The molecule has 24 heavy (non-hydrogen) atoms. The molecule has 7 heteroatoms. The molecule has 0 saturated heterocycles. The van der Waals surface area contributed by atoms with Crippen molar-refractivity contribution in [1.29, 1.82) is 5.26 Å². The zero-order chi connectivity index (χ0) is 17.8. The highest BCUT2D eigenvalue weighted by atomic mass is 16.5. The smallest absolute Gasteiger partial charge is 0.234 e. The topological polar surface area (TPSA) is 114 Å². The molecule has 2 aromatic rings. The van der Waals surface area contributed by atoms with E-state index in [1.54, 1.807) is 6.92 Å². The number of carbonyl (C=O) groups is 1. The molecule has 0 unspecified atom stereocenters. The summed E-state index contributed by atoms with van der Waals surface area (Å²) in [5, 5.41) is 11.8. The van der Waals surface area contributed by atoms with E-state index >= 15 is 0 Å².